The highest BCUT2D eigenvalue weighted by Gasteiger charge is 2.34. The summed E-state index contributed by atoms with van der Waals surface area (Å²) in [4.78, 5) is 24.8. The maximum Gasteiger partial charge on any atom is 0.311 e. The van der Waals surface area contributed by atoms with Gasteiger partial charge in [0.2, 0.25) is 6.79 Å². The second kappa shape index (κ2) is 6.56. The Hall–Kier alpha value is -3.11. The molecule has 1 saturated heterocycles. The largest absolute Gasteiger partial charge is 0.502 e. The Morgan fingerprint density at radius 3 is 2.78 bits per heavy atom. The molecule has 0 atom stereocenters. The number of ether oxygens (including phenoxy) is 2. The van der Waals surface area contributed by atoms with E-state index in [0.717, 1.165) is 11.8 Å². The summed E-state index contributed by atoms with van der Waals surface area (Å²) < 4.78 is 10.9. The van der Waals surface area contributed by atoms with Crippen LogP contribution in [0.4, 0.5) is 11.4 Å². The number of hydrogen-bond acceptors (Lipinski definition) is 8. The fraction of sp³-hybridized carbons (Fsp3) is 0.0588. The van der Waals surface area contributed by atoms with Crippen molar-refractivity contribution in [1.29, 1.82) is 0 Å². The van der Waals surface area contributed by atoms with Gasteiger partial charge in [0.15, 0.2) is 21.6 Å². The molecule has 0 aromatic heterocycles. The average molecular weight is 402 g/mol. The van der Waals surface area contributed by atoms with E-state index in [4.69, 9.17) is 21.7 Å². The number of aromatic hydroxyl groups is 1. The fourth-order valence-electron chi connectivity index (χ4n) is 2.64. The van der Waals surface area contributed by atoms with Crippen LogP contribution in [0.3, 0.4) is 0 Å². The zero-order valence-electron chi connectivity index (χ0n) is 13.4. The molecule has 0 unspecified atom stereocenters. The molecule has 136 valence electrons. The Morgan fingerprint density at radius 2 is 2.00 bits per heavy atom. The molecule has 0 radical (unpaired) electrons. The second-order valence-electron chi connectivity index (χ2n) is 5.56. The molecule has 2 aliphatic rings. The van der Waals surface area contributed by atoms with Crippen molar-refractivity contribution in [2.45, 2.75) is 0 Å². The average Bonchev–Trinajstić information content (AvgIpc) is 3.20. The van der Waals surface area contributed by atoms with Crippen molar-refractivity contribution >= 4 is 51.7 Å². The predicted octanol–water partition coefficient (Wildman–Crippen LogP) is 3.43. The molecule has 2 heterocycles. The lowest BCUT2D eigenvalue weighted by Gasteiger charge is -2.14. The molecule has 1 fully saturated rings. The molecule has 1 amide bonds. The summed E-state index contributed by atoms with van der Waals surface area (Å²) in [5.74, 6) is 0.334. The molecule has 0 aliphatic carbocycles. The Bertz CT molecular complexity index is 1040. The van der Waals surface area contributed by atoms with Gasteiger partial charge < -0.3 is 14.6 Å². The molecule has 1 N–H and O–H groups in total. The zero-order chi connectivity index (χ0) is 19.1. The number of hydrogen-bond donors (Lipinski definition) is 1. The van der Waals surface area contributed by atoms with Crippen molar-refractivity contribution in [3.63, 3.8) is 0 Å². The second-order valence-corrected chi connectivity index (χ2v) is 7.24. The summed E-state index contributed by atoms with van der Waals surface area (Å²) >= 11 is 6.40. The quantitative estimate of drug-likeness (QED) is 0.361. The Morgan fingerprint density at radius 1 is 1.22 bits per heavy atom. The van der Waals surface area contributed by atoms with Crippen molar-refractivity contribution in [3.05, 3.63) is 57.0 Å². The minimum atomic E-state index is -0.690. The number of benzene rings is 2. The smallest absolute Gasteiger partial charge is 0.311 e. The Balaban J connectivity index is 1.66. The summed E-state index contributed by atoms with van der Waals surface area (Å²) in [6, 6.07) is 8.96. The number of carbonyl (C=O) groups is 1. The van der Waals surface area contributed by atoms with E-state index >= 15 is 0 Å². The van der Waals surface area contributed by atoms with Gasteiger partial charge in [0.25, 0.3) is 5.91 Å². The maximum atomic E-state index is 12.8. The van der Waals surface area contributed by atoms with Crippen molar-refractivity contribution in [2.75, 3.05) is 11.7 Å². The first-order valence-electron chi connectivity index (χ1n) is 7.59. The number of carbonyl (C=O) groups excluding carboxylic acids is 1. The number of phenolic OH excluding ortho intramolecular Hbond substituents is 1. The highest BCUT2D eigenvalue weighted by Crippen LogP contribution is 2.41. The highest BCUT2D eigenvalue weighted by atomic mass is 32.2. The standard InChI is InChI=1S/C17H10N2O6S2/c20-12-3-1-9(5-11(12)19(22)23)6-15-16(21)18(17(26)27-15)10-2-4-13-14(7-10)25-8-24-13/h1-7,20H,8H2/b15-6+. The summed E-state index contributed by atoms with van der Waals surface area (Å²) in [6.45, 7) is 0.122. The monoisotopic (exact) mass is 402 g/mol. The van der Waals surface area contributed by atoms with Crippen LogP contribution in [-0.4, -0.2) is 27.1 Å². The van der Waals surface area contributed by atoms with Gasteiger partial charge in [-0.3, -0.25) is 19.8 Å². The topological polar surface area (TPSA) is 102 Å². The van der Waals surface area contributed by atoms with Gasteiger partial charge in [-0.2, -0.15) is 0 Å². The zero-order valence-corrected chi connectivity index (χ0v) is 15.1. The van der Waals surface area contributed by atoms with Gasteiger partial charge in [-0.15, -0.1) is 0 Å². The fourth-order valence-corrected chi connectivity index (χ4v) is 3.94. The molecule has 27 heavy (non-hydrogen) atoms. The molecule has 2 aromatic rings. The Kier molecular flexibility index (Phi) is 4.21. The van der Waals surface area contributed by atoms with Gasteiger partial charge in [0, 0.05) is 12.1 Å². The van der Waals surface area contributed by atoms with Crippen LogP contribution in [0, 0.1) is 10.1 Å². The summed E-state index contributed by atoms with van der Waals surface area (Å²) in [7, 11) is 0. The number of thiocarbonyl (C=S) groups is 1. The molecule has 10 heteroatoms. The molecule has 0 saturated carbocycles. The lowest BCUT2D eigenvalue weighted by molar-refractivity contribution is -0.385. The number of thioether (sulfide) groups is 1. The van der Waals surface area contributed by atoms with E-state index in [0.29, 0.717) is 32.0 Å². The van der Waals surface area contributed by atoms with E-state index < -0.39 is 16.4 Å². The Labute approximate surface area is 162 Å². The highest BCUT2D eigenvalue weighted by molar-refractivity contribution is 8.27. The van der Waals surface area contributed by atoms with Gasteiger partial charge in [-0.05, 0) is 29.8 Å². The van der Waals surface area contributed by atoms with Crippen LogP contribution in [0.1, 0.15) is 5.56 Å². The van der Waals surface area contributed by atoms with E-state index in [1.807, 2.05) is 0 Å². The van der Waals surface area contributed by atoms with E-state index in [1.54, 1.807) is 18.2 Å². The van der Waals surface area contributed by atoms with Crippen LogP contribution in [0.25, 0.3) is 6.08 Å². The molecule has 0 spiro atoms. The van der Waals surface area contributed by atoms with Crippen LogP contribution in [0.15, 0.2) is 41.3 Å². The number of fused-ring (bicyclic) bond motifs is 1. The summed E-state index contributed by atoms with van der Waals surface area (Å²) in [5.41, 5.74) is 0.516. The number of nitro groups is 1. The lowest BCUT2D eigenvalue weighted by atomic mass is 10.1. The normalized spacial score (nSPS) is 17.0. The summed E-state index contributed by atoms with van der Waals surface area (Å²) in [6.07, 6.45) is 1.50. The molecule has 8 nitrogen and oxygen atoms in total. The molecule has 4 rings (SSSR count). The third-order valence-corrected chi connectivity index (χ3v) is 5.20. The third kappa shape index (κ3) is 3.09. The van der Waals surface area contributed by atoms with E-state index in [2.05, 4.69) is 0 Å². The van der Waals surface area contributed by atoms with Crippen LogP contribution < -0.4 is 14.4 Å². The predicted molar refractivity (Wildman–Crippen MR) is 103 cm³/mol. The third-order valence-electron chi connectivity index (χ3n) is 3.90. The SMILES string of the molecule is O=C1/C(=C\c2ccc(O)c([N+](=O)[O-])c2)SC(=S)N1c1ccc2c(c1)OCO2. The number of amides is 1. The first-order chi connectivity index (χ1) is 12.9. The van der Waals surface area contributed by atoms with Crippen molar-refractivity contribution in [2.24, 2.45) is 0 Å². The number of phenols is 1. The minimum Gasteiger partial charge on any atom is -0.502 e. The number of anilines is 1. The van der Waals surface area contributed by atoms with Crippen LogP contribution in [0.5, 0.6) is 17.2 Å². The lowest BCUT2D eigenvalue weighted by Crippen LogP contribution is -2.27. The first-order valence-corrected chi connectivity index (χ1v) is 8.81. The number of nitro benzene ring substituents is 1. The van der Waals surface area contributed by atoms with Crippen LogP contribution in [-0.2, 0) is 4.79 Å². The molecular weight excluding hydrogens is 392 g/mol. The van der Waals surface area contributed by atoms with Gasteiger partial charge in [-0.1, -0.05) is 30.0 Å². The van der Waals surface area contributed by atoms with Gasteiger partial charge in [-0.25, -0.2) is 0 Å². The van der Waals surface area contributed by atoms with Gasteiger partial charge in [0.05, 0.1) is 15.5 Å². The molecule has 0 bridgehead atoms. The van der Waals surface area contributed by atoms with Gasteiger partial charge >= 0.3 is 5.69 Å². The summed E-state index contributed by atoms with van der Waals surface area (Å²) in [5, 5.41) is 20.5. The van der Waals surface area contributed by atoms with E-state index in [9.17, 15) is 20.0 Å². The molecule has 2 aromatic carbocycles. The maximum absolute atomic E-state index is 12.8. The number of rotatable bonds is 3. The van der Waals surface area contributed by atoms with Crippen LogP contribution >= 0.6 is 24.0 Å². The van der Waals surface area contributed by atoms with Crippen molar-refractivity contribution < 1.29 is 24.3 Å². The minimum absolute atomic E-state index is 0.122. The number of nitrogens with zero attached hydrogens (tertiary/aromatic N) is 2. The van der Waals surface area contributed by atoms with Crippen LogP contribution in [0.2, 0.25) is 0 Å². The van der Waals surface area contributed by atoms with E-state index in [-0.39, 0.29) is 12.7 Å². The van der Waals surface area contributed by atoms with Crippen molar-refractivity contribution in [3.8, 4) is 17.2 Å². The van der Waals surface area contributed by atoms with E-state index in [1.165, 1.54) is 29.2 Å². The molecular formula is C17H10N2O6S2. The first kappa shape index (κ1) is 17.3. The molecule has 2 aliphatic heterocycles. The van der Waals surface area contributed by atoms with Crippen molar-refractivity contribution in [1.82, 2.24) is 0 Å². The van der Waals surface area contributed by atoms with Gasteiger partial charge in [0.1, 0.15) is 0 Å².